The maximum absolute atomic E-state index is 6.45. The minimum atomic E-state index is 0.623. The van der Waals surface area contributed by atoms with Crippen LogP contribution in [-0.4, -0.2) is 11.6 Å². The Morgan fingerprint density at radius 2 is 2.25 bits per heavy atom. The molecule has 0 aliphatic rings. The second kappa shape index (κ2) is 4.99. The number of rotatable bonds is 3. The lowest BCUT2D eigenvalue weighted by Gasteiger charge is -1.96. The third-order valence-electron chi connectivity index (χ3n) is 0.607. The second-order valence-electron chi connectivity index (χ2n) is 2.05. The molecule has 0 N–H and O–H groups in total. The van der Waals surface area contributed by atoms with E-state index in [9.17, 15) is 0 Å². The molecule has 0 unspecified atom stereocenters. The lowest BCUT2D eigenvalue weighted by atomic mass is 10.3. The van der Waals surface area contributed by atoms with Crippen LogP contribution >= 0.6 is 11.8 Å². The van der Waals surface area contributed by atoms with E-state index in [0.29, 0.717) is 5.88 Å². The van der Waals surface area contributed by atoms with Crippen molar-refractivity contribution < 1.29 is 0 Å². The van der Waals surface area contributed by atoms with Crippen molar-refractivity contribution in [2.24, 2.45) is 5.92 Å². The van der Waals surface area contributed by atoms with Crippen LogP contribution in [-0.2, 0) is 0 Å². The van der Waals surface area contributed by atoms with Gasteiger partial charge in [-0.15, -0.1) is 0 Å². The van der Waals surface area contributed by atoms with Gasteiger partial charge in [-0.1, -0.05) is 25.6 Å². The Morgan fingerprint density at radius 1 is 1.62 bits per heavy atom. The minimum absolute atomic E-state index is 0.623. The van der Waals surface area contributed by atoms with Gasteiger partial charge in [-0.2, -0.15) is 0 Å². The van der Waals surface area contributed by atoms with Crippen LogP contribution < -0.4 is 0 Å². The minimum Gasteiger partial charge on any atom is -0.305 e. The lowest BCUT2D eigenvalue weighted by molar-refractivity contribution is 0.751. The molecule has 0 atom stereocenters. The van der Waals surface area contributed by atoms with Gasteiger partial charge in [0.25, 0.3) is 5.88 Å². The zero-order valence-electron chi connectivity index (χ0n) is 5.35. The molecule has 0 bridgehead atoms. The highest BCUT2D eigenvalue weighted by atomic mass is 32.2. The topological polar surface area (TPSA) is 4.36 Å². The molecule has 0 rings (SSSR count). The third-order valence-corrected chi connectivity index (χ3v) is 1.82. The Bertz CT molecular complexity index is 83.0. The van der Waals surface area contributed by atoms with Crippen molar-refractivity contribution in [2.45, 2.75) is 13.8 Å². The molecular weight excluding hydrogens is 118 g/mol. The van der Waals surface area contributed by atoms with Gasteiger partial charge in [-0.25, -0.2) is 6.57 Å². The Hall–Kier alpha value is -0.160. The van der Waals surface area contributed by atoms with Gasteiger partial charge in [0.05, 0.1) is 0 Å². The van der Waals surface area contributed by atoms with Crippen LogP contribution in [0.5, 0.6) is 0 Å². The van der Waals surface area contributed by atoms with E-state index in [2.05, 4.69) is 18.7 Å². The van der Waals surface area contributed by atoms with Crippen molar-refractivity contribution in [1.29, 1.82) is 0 Å². The summed E-state index contributed by atoms with van der Waals surface area (Å²) in [6.07, 6.45) is 0. The van der Waals surface area contributed by atoms with Crippen LogP contribution in [0.1, 0.15) is 13.8 Å². The first kappa shape index (κ1) is 7.84. The van der Waals surface area contributed by atoms with E-state index in [1.54, 1.807) is 11.8 Å². The molecule has 0 aliphatic heterocycles. The Labute approximate surface area is 55.3 Å². The standard InChI is InChI=1S/C6H11NS/c1-6(2)4-8-5-7-3/h6H,4-5H2,1-2H3. The maximum atomic E-state index is 6.45. The first-order valence-electron chi connectivity index (χ1n) is 2.68. The van der Waals surface area contributed by atoms with E-state index < -0.39 is 0 Å². The summed E-state index contributed by atoms with van der Waals surface area (Å²) in [6.45, 7) is 10.8. The van der Waals surface area contributed by atoms with Crippen LogP contribution in [0.25, 0.3) is 4.85 Å². The molecule has 0 aliphatic carbocycles. The van der Waals surface area contributed by atoms with Gasteiger partial charge < -0.3 is 4.85 Å². The molecule has 0 aromatic rings. The predicted octanol–water partition coefficient (Wildman–Crippen LogP) is 2.25. The summed E-state index contributed by atoms with van der Waals surface area (Å²) in [4.78, 5) is 3.22. The molecule has 1 nitrogen and oxygen atoms in total. The Kier molecular flexibility index (Phi) is 4.89. The fourth-order valence-electron chi connectivity index (χ4n) is 0.334. The van der Waals surface area contributed by atoms with Crippen molar-refractivity contribution in [3.8, 4) is 0 Å². The number of thioether (sulfide) groups is 1. The van der Waals surface area contributed by atoms with Crippen LogP contribution in [0, 0.1) is 12.5 Å². The molecule has 0 aromatic heterocycles. The van der Waals surface area contributed by atoms with Gasteiger partial charge in [0.15, 0.2) is 0 Å². The highest BCUT2D eigenvalue weighted by Crippen LogP contribution is 2.06. The van der Waals surface area contributed by atoms with Gasteiger partial charge in [0, 0.05) is 5.75 Å². The van der Waals surface area contributed by atoms with Gasteiger partial charge in [0.1, 0.15) is 0 Å². The zero-order valence-corrected chi connectivity index (χ0v) is 6.16. The molecule has 0 fully saturated rings. The molecule has 0 saturated carbocycles. The van der Waals surface area contributed by atoms with Crippen molar-refractivity contribution in [3.63, 3.8) is 0 Å². The molecule has 46 valence electrons. The number of nitrogens with zero attached hydrogens (tertiary/aromatic N) is 1. The van der Waals surface area contributed by atoms with E-state index in [1.165, 1.54) is 0 Å². The molecule has 0 radical (unpaired) electrons. The molecule has 8 heavy (non-hydrogen) atoms. The van der Waals surface area contributed by atoms with Crippen molar-refractivity contribution in [3.05, 3.63) is 11.4 Å². The molecule has 0 heterocycles. The summed E-state index contributed by atoms with van der Waals surface area (Å²) >= 11 is 1.71. The molecule has 0 spiro atoms. The summed E-state index contributed by atoms with van der Waals surface area (Å²) in [5.74, 6) is 2.46. The largest absolute Gasteiger partial charge is 0.305 e. The lowest BCUT2D eigenvalue weighted by Crippen LogP contribution is -1.89. The van der Waals surface area contributed by atoms with Crippen molar-refractivity contribution in [2.75, 3.05) is 11.6 Å². The van der Waals surface area contributed by atoms with Crippen LogP contribution in [0.4, 0.5) is 0 Å². The average Bonchev–Trinajstić information content (AvgIpc) is 1.66. The summed E-state index contributed by atoms with van der Waals surface area (Å²) in [5, 5.41) is 0. The van der Waals surface area contributed by atoms with Crippen LogP contribution in [0.15, 0.2) is 0 Å². The molecule has 0 amide bonds. The first-order chi connectivity index (χ1) is 3.77. The summed E-state index contributed by atoms with van der Waals surface area (Å²) < 4.78 is 0. The second-order valence-corrected chi connectivity index (χ2v) is 3.05. The fourth-order valence-corrected chi connectivity index (χ4v) is 1.00. The monoisotopic (exact) mass is 129 g/mol. The fraction of sp³-hybridized carbons (Fsp3) is 0.833. The normalized spacial score (nSPS) is 9.25. The smallest absolute Gasteiger partial charge is 0.260 e. The van der Waals surface area contributed by atoms with Gasteiger partial charge in [-0.05, 0) is 5.92 Å². The van der Waals surface area contributed by atoms with E-state index in [1.807, 2.05) is 0 Å². The molecular formula is C6H11NS. The SMILES string of the molecule is [C-]#[N+]CSCC(C)C. The number of hydrogen-bond acceptors (Lipinski definition) is 1. The summed E-state index contributed by atoms with van der Waals surface area (Å²) in [6, 6.07) is 0. The Morgan fingerprint density at radius 3 is 2.62 bits per heavy atom. The molecule has 0 aromatic carbocycles. The highest BCUT2D eigenvalue weighted by molar-refractivity contribution is 7.99. The highest BCUT2D eigenvalue weighted by Gasteiger charge is 1.93. The van der Waals surface area contributed by atoms with E-state index in [4.69, 9.17) is 6.57 Å². The summed E-state index contributed by atoms with van der Waals surface area (Å²) in [5.41, 5.74) is 0. The average molecular weight is 129 g/mol. The van der Waals surface area contributed by atoms with Crippen molar-refractivity contribution >= 4 is 11.8 Å². The molecule has 0 saturated heterocycles. The van der Waals surface area contributed by atoms with E-state index in [-0.39, 0.29) is 0 Å². The van der Waals surface area contributed by atoms with Crippen LogP contribution in [0.2, 0.25) is 0 Å². The van der Waals surface area contributed by atoms with Gasteiger partial charge in [0.2, 0.25) is 0 Å². The van der Waals surface area contributed by atoms with E-state index >= 15 is 0 Å². The van der Waals surface area contributed by atoms with Gasteiger partial charge >= 0.3 is 0 Å². The first-order valence-corrected chi connectivity index (χ1v) is 3.83. The summed E-state index contributed by atoms with van der Waals surface area (Å²) in [7, 11) is 0. The zero-order chi connectivity index (χ0) is 6.41. The Balaban J connectivity index is 2.85. The number of hydrogen-bond donors (Lipinski definition) is 0. The quantitative estimate of drug-likeness (QED) is 0.418. The van der Waals surface area contributed by atoms with Gasteiger partial charge in [-0.3, -0.25) is 0 Å². The maximum Gasteiger partial charge on any atom is 0.260 e. The predicted molar refractivity (Wildman–Crippen MR) is 38.8 cm³/mol. The van der Waals surface area contributed by atoms with Crippen LogP contribution in [0.3, 0.4) is 0 Å². The molecule has 2 heteroatoms. The third kappa shape index (κ3) is 5.84. The van der Waals surface area contributed by atoms with E-state index in [0.717, 1.165) is 11.7 Å². The van der Waals surface area contributed by atoms with Crippen molar-refractivity contribution in [1.82, 2.24) is 0 Å².